The van der Waals surface area contributed by atoms with E-state index in [0.717, 1.165) is 0 Å². The standard InChI is InChI=1S/C25H33N5O5/c1-6-23(31)28-18-7-8-19-21(11-18)35-15-17(3)30(25(33)20-12-26-9-10-27-20)13-16(2)22(34-5)14-29(4)24(19)32/h7-12,16-17,22H,6,13-15H2,1-5H3,(H,28,31)/t16-,17+,22-/m0/s1. The molecule has 0 unspecified atom stereocenters. The van der Waals surface area contributed by atoms with Crippen molar-refractivity contribution in [2.75, 3.05) is 39.2 Å². The minimum atomic E-state index is -0.349. The molecule has 0 fully saturated rings. The van der Waals surface area contributed by atoms with Gasteiger partial charge in [-0.15, -0.1) is 0 Å². The molecule has 1 aromatic heterocycles. The van der Waals surface area contributed by atoms with Crippen molar-refractivity contribution in [3.63, 3.8) is 0 Å². The Labute approximate surface area is 205 Å². The molecular weight excluding hydrogens is 450 g/mol. The Morgan fingerprint density at radius 3 is 2.66 bits per heavy atom. The SMILES string of the molecule is CCC(=O)Nc1ccc2c(c1)OC[C@@H](C)N(C(=O)c1cnccn1)C[C@H](C)[C@@H](OC)CN(C)C2=O. The number of carbonyl (C=O) groups is 3. The van der Waals surface area contributed by atoms with Crippen LogP contribution in [0.25, 0.3) is 0 Å². The number of fused-ring (bicyclic) bond motifs is 1. The van der Waals surface area contributed by atoms with Gasteiger partial charge in [-0.25, -0.2) is 4.98 Å². The second-order valence-electron chi connectivity index (χ2n) is 8.76. The van der Waals surface area contributed by atoms with Gasteiger partial charge in [-0.05, 0) is 19.1 Å². The third-order valence-corrected chi connectivity index (χ3v) is 6.09. The van der Waals surface area contributed by atoms with E-state index in [-0.39, 0.29) is 48.1 Å². The molecule has 10 heteroatoms. The Balaban J connectivity index is 1.99. The summed E-state index contributed by atoms with van der Waals surface area (Å²) in [5.74, 6) is -0.376. The normalized spacial score (nSPS) is 21.3. The van der Waals surface area contributed by atoms with E-state index < -0.39 is 0 Å². The Hall–Kier alpha value is -3.53. The first-order chi connectivity index (χ1) is 16.7. The number of benzene rings is 1. The lowest BCUT2D eigenvalue weighted by Crippen LogP contribution is -2.48. The van der Waals surface area contributed by atoms with Crippen molar-refractivity contribution in [1.29, 1.82) is 0 Å². The summed E-state index contributed by atoms with van der Waals surface area (Å²) in [5, 5.41) is 2.79. The van der Waals surface area contributed by atoms with Crippen molar-refractivity contribution in [2.24, 2.45) is 5.92 Å². The summed E-state index contributed by atoms with van der Waals surface area (Å²) in [7, 11) is 3.30. The van der Waals surface area contributed by atoms with Gasteiger partial charge in [-0.2, -0.15) is 0 Å². The first-order valence-electron chi connectivity index (χ1n) is 11.7. The third-order valence-electron chi connectivity index (χ3n) is 6.09. The smallest absolute Gasteiger partial charge is 0.274 e. The van der Waals surface area contributed by atoms with Gasteiger partial charge >= 0.3 is 0 Å². The molecule has 1 aliphatic rings. The molecule has 3 rings (SSSR count). The van der Waals surface area contributed by atoms with E-state index in [1.807, 2.05) is 13.8 Å². The van der Waals surface area contributed by atoms with E-state index in [4.69, 9.17) is 9.47 Å². The fraction of sp³-hybridized carbons (Fsp3) is 0.480. The molecule has 1 aliphatic heterocycles. The van der Waals surface area contributed by atoms with Crippen LogP contribution in [0, 0.1) is 5.92 Å². The van der Waals surface area contributed by atoms with Crippen molar-refractivity contribution in [3.05, 3.63) is 48.0 Å². The van der Waals surface area contributed by atoms with Gasteiger partial charge < -0.3 is 24.6 Å². The molecule has 10 nitrogen and oxygen atoms in total. The molecule has 0 spiro atoms. The Bertz CT molecular complexity index is 1050. The minimum absolute atomic E-state index is 0.0798. The molecule has 2 heterocycles. The van der Waals surface area contributed by atoms with Crippen LogP contribution in [0.4, 0.5) is 5.69 Å². The molecule has 3 amide bonds. The molecule has 35 heavy (non-hydrogen) atoms. The lowest BCUT2D eigenvalue weighted by atomic mass is 10.0. The summed E-state index contributed by atoms with van der Waals surface area (Å²) in [4.78, 5) is 50.0. The van der Waals surface area contributed by atoms with E-state index in [2.05, 4.69) is 15.3 Å². The highest BCUT2D eigenvalue weighted by atomic mass is 16.5. The number of likely N-dealkylation sites (N-methyl/N-ethyl adjacent to an activating group) is 1. The summed E-state index contributed by atoms with van der Waals surface area (Å²) in [6.45, 7) is 6.46. The lowest BCUT2D eigenvalue weighted by molar-refractivity contribution is -0.115. The van der Waals surface area contributed by atoms with Gasteiger partial charge in [0.2, 0.25) is 5.91 Å². The number of amides is 3. The van der Waals surface area contributed by atoms with Crippen LogP contribution in [-0.2, 0) is 9.53 Å². The van der Waals surface area contributed by atoms with Crippen LogP contribution in [0.3, 0.4) is 0 Å². The van der Waals surface area contributed by atoms with Crippen molar-refractivity contribution in [2.45, 2.75) is 39.3 Å². The van der Waals surface area contributed by atoms with Crippen molar-refractivity contribution in [1.82, 2.24) is 19.8 Å². The van der Waals surface area contributed by atoms with Crippen molar-refractivity contribution < 1.29 is 23.9 Å². The number of rotatable bonds is 4. The Kier molecular flexibility index (Phi) is 8.75. The predicted octanol–water partition coefficient (Wildman–Crippen LogP) is 2.47. The summed E-state index contributed by atoms with van der Waals surface area (Å²) in [6.07, 6.45) is 4.46. The first-order valence-corrected chi connectivity index (χ1v) is 11.7. The van der Waals surface area contributed by atoms with E-state index >= 15 is 0 Å². The quantitative estimate of drug-likeness (QED) is 0.711. The molecule has 0 saturated heterocycles. The average molecular weight is 484 g/mol. The van der Waals surface area contributed by atoms with Crippen LogP contribution in [0.2, 0.25) is 0 Å². The Morgan fingerprint density at radius 1 is 1.23 bits per heavy atom. The molecule has 1 aromatic carbocycles. The molecule has 2 aromatic rings. The summed E-state index contributed by atoms with van der Waals surface area (Å²) in [6, 6.07) is 4.61. The number of nitrogens with one attached hydrogen (secondary N) is 1. The number of carbonyl (C=O) groups excluding carboxylic acids is 3. The monoisotopic (exact) mass is 483 g/mol. The van der Waals surface area contributed by atoms with Gasteiger partial charge in [0.05, 0.1) is 23.9 Å². The predicted molar refractivity (Wildman–Crippen MR) is 130 cm³/mol. The fourth-order valence-corrected chi connectivity index (χ4v) is 3.94. The highest BCUT2D eigenvalue weighted by Crippen LogP contribution is 2.27. The fourth-order valence-electron chi connectivity index (χ4n) is 3.94. The molecule has 188 valence electrons. The van der Waals surface area contributed by atoms with Gasteiger partial charge in [-0.3, -0.25) is 19.4 Å². The minimum Gasteiger partial charge on any atom is -0.491 e. The second kappa shape index (κ2) is 11.7. The first kappa shape index (κ1) is 26.1. The zero-order valence-electron chi connectivity index (χ0n) is 20.9. The van der Waals surface area contributed by atoms with Gasteiger partial charge in [-0.1, -0.05) is 13.8 Å². The maximum Gasteiger partial charge on any atom is 0.274 e. The maximum absolute atomic E-state index is 13.4. The third kappa shape index (κ3) is 6.33. The molecule has 1 N–H and O–H groups in total. The zero-order valence-corrected chi connectivity index (χ0v) is 20.9. The van der Waals surface area contributed by atoms with E-state index in [9.17, 15) is 14.4 Å². The highest BCUT2D eigenvalue weighted by Gasteiger charge is 2.31. The number of methoxy groups -OCH3 is 1. The van der Waals surface area contributed by atoms with Gasteiger partial charge in [0, 0.05) is 63.7 Å². The maximum atomic E-state index is 13.4. The van der Waals surface area contributed by atoms with Crippen LogP contribution in [-0.4, -0.2) is 83.5 Å². The largest absolute Gasteiger partial charge is 0.491 e. The number of aromatic nitrogens is 2. The molecule has 0 aliphatic carbocycles. The average Bonchev–Trinajstić information content (AvgIpc) is 2.87. The molecule has 0 radical (unpaired) electrons. The summed E-state index contributed by atoms with van der Waals surface area (Å²) < 4.78 is 11.8. The highest BCUT2D eigenvalue weighted by molar-refractivity contribution is 5.98. The van der Waals surface area contributed by atoms with Crippen LogP contribution in [0.15, 0.2) is 36.8 Å². The van der Waals surface area contributed by atoms with E-state index in [1.165, 1.54) is 18.6 Å². The molecule has 0 saturated carbocycles. The topological polar surface area (TPSA) is 114 Å². The number of ether oxygens (including phenoxy) is 2. The van der Waals surface area contributed by atoms with Crippen LogP contribution in [0.1, 0.15) is 48.0 Å². The second-order valence-corrected chi connectivity index (χ2v) is 8.76. The summed E-state index contributed by atoms with van der Waals surface area (Å²) in [5.41, 5.74) is 1.13. The van der Waals surface area contributed by atoms with Crippen molar-refractivity contribution >= 4 is 23.4 Å². The summed E-state index contributed by atoms with van der Waals surface area (Å²) >= 11 is 0. The molecule has 0 bridgehead atoms. The van der Waals surface area contributed by atoms with E-state index in [0.29, 0.717) is 36.5 Å². The van der Waals surface area contributed by atoms with Gasteiger partial charge in [0.15, 0.2) is 0 Å². The molecule has 3 atom stereocenters. The van der Waals surface area contributed by atoms with Crippen LogP contribution < -0.4 is 10.1 Å². The molecular formula is C25H33N5O5. The zero-order chi connectivity index (χ0) is 25.5. The number of hydrogen-bond donors (Lipinski definition) is 1. The van der Waals surface area contributed by atoms with Crippen LogP contribution in [0.5, 0.6) is 5.75 Å². The van der Waals surface area contributed by atoms with E-state index in [1.54, 1.807) is 49.1 Å². The van der Waals surface area contributed by atoms with Crippen LogP contribution >= 0.6 is 0 Å². The Morgan fingerprint density at radius 2 is 2.00 bits per heavy atom. The number of hydrogen-bond acceptors (Lipinski definition) is 7. The number of nitrogens with zero attached hydrogens (tertiary/aromatic N) is 4. The van der Waals surface area contributed by atoms with Gasteiger partial charge in [0.25, 0.3) is 11.8 Å². The van der Waals surface area contributed by atoms with Gasteiger partial charge in [0.1, 0.15) is 18.1 Å². The lowest BCUT2D eigenvalue weighted by Gasteiger charge is -2.35. The van der Waals surface area contributed by atoms with Crippen molar-refractivity contribution in [3.8, 4) is 5.75 Å². The number of anilines is 1.